The van der Waals surface area contributed by atoms with Crippen LogP contribution >= 0.6 is 23.2 Å². The molecule has 88 valence electrons. The van der Waals surface area contributed by atoms with Gasteiger partial charge in [0, 0.05) is 19.5 Å². The van der Waals surface area contributed by atoms with Crippen LogP contribution in [0.25, 0.3) is 0 Å². The molecule has 0 aliphatic rings. The second-order valence-corrected chi connectivity index (χ2v) is 3.71. The third-order valence-corrected chi connectivity index (χ3v) is 2.19. The predicted octanol–water partition coefficient (Wildman–Crippen LogP) is 1.72. The maximum atomic E-state index is 11.1. The Kier molecular flexibility index (Phi) is 5.28. The molecule has 0 spiro atoms. The van der Waals surface area contributed by atoms with E-state index in [-0.39, 0.29) is 11.2 Å². The monoisotopic (exact) mass is 262 g/mol. The second kappa shape index (κ2) is 6.50. The van der Waals surface area contributed by atoms with Crippen molar-refractivity contribution in [2.45, 2.75) is 13.3 Å². The van der Waals surface area contributed by atoms with Crippen molar-refractivity contribution < 1.29 is 4.79 Å². The zero-order valence-corrected chi connectivity index (χ0v) is 10.3. The smallest absolute Gasteiger partial charge is 0.224 e. The summed E-state index contributed by atoms with van der Waals surface area (Å²) >= 11 is 11.4. The lowest BCUT2D eigenvalue weighted by atomic mass is 10.4. The predicted molar refractivity (Wildman–Crippen MR) is 63.8 cm³/mol. The summed E-state index contributed by atoms with van der Waals surface area (Å²) in [6, 6.07) is 0. The molecule has 0 saturated carbocycles. The van der Waals surface area contributed by atoms with Crippen LogP contribution in [-0.4, -0.2) is 29.0 Å². The van der Waals surface area contributed by atoms with Crippen LogP contribution in [0, 0.1) is 0 Å². The van der Waals surface area contributed by atoms with Gasteiger partial charge in [-0.05, 0) is 18.5 Å². The van der Waals surface area contributed by atoms with Gasteiger partial charge in [0.15, 0.2) is 0 Å². The van der Waals surface area contributed by atoms with Gasteiger partial charge in [0.05, 0.1) is 6.20 Å². The number of nitrogens with one attached hydrogen (secondary N) is 2. The summed E-state index contributed by atoms with van der Waals surface area (Å²) in [5, 5.41) is 6.09. The van der Waals surface area contributed by atoms with Gasteiger partial charge in [-0.3, -0.25) is 4.79 Å². The fourth-order valence-corrected chi connectivity index (χ4v) is 1.34. The third-order valence-electron chi connectivity index (χ3n) is 1.73. The van der Waals surface area contributed by atoms with Gasteiger partial charge in [-0.2, -0.15) is 4.98 Å². The highest BCUT2D eigenvalue weighted by molar-refractivity contribution is 6.33. The summed E-state index contributed by atoms with van der Waals surface area (Å²) in [7, 11) is 0. The van der Waals surface area contributed by atoms with E-state index >= 15 is 0 Å². The van der Waals surface area contributed by atoms with Crippen molar-refractivity contribution >= 4 is 34.9 Å². The molecule has 1 aromatic rings. The Bertz CT molecular complexity index is 373. The van der Waals surface area contributed by atoms with Gasteiger partial charge in [-0.25, -0.2) is 4.98 Å². The van der Waals surface area contributed by atoms with Crippen LogP contribution in [0.5, 0.6) is 0 Å². The summed E-state index contributed by atoms with van der Waals surface area (Å²) < 4.78 is 0. The topological polar surface area (TPSA) is 66.9 Å². The number of anilines is 1. The molecule has 0 fully saturated rings. The molecule has 0 unspecified atom stereocenters. The average Bonchev–Trinajstić information content (AvgIpc) is 2.23. The zero-order chi connectivity index (χ0) is 12.0. The lowest BCUT2D eigenvalue weighted by Crippen LogP contribution is -2.24. The van der Waals surface area contributed by atoms with Gasteiger partial charge in [0.25, 0.3) is 0 Å². The Morgan fingerprint density at radius 1 is 1.50 bits per heavy atom. The zero-order valence-electron chi connectivity index (χ0n) is 8.76. The Morgan fingerprint density at radius 2 is 2.25 bits per heavy atom. The molecule has 1 rings (SSSR count). The van der Waals surface area contributed by atoms with Crippen molar-refractivity contribution in [3.05, 3.63) is 16.5 Å². The van der Waals surface area contributed by atoms with Gasteiger partial charge in [0.1, 0.15) is 10.8 Å². The standard InChI is InChI=1S/C9H12Cl2N4O/c1-2-12-7(16)3-4-13-8-6(10)5-14-9(11)15-8/h5H,2-4H2,1H3,(H,12,16)(H,13,14,15). The van der Waals surface area contributed by atoms with Gasteiger partial charge in [-0.15, -0.1) is 0 Å². The number of halogens is 2. The molecule has 0 atom stereocenters. The van der Waals surface area contributed by atoms with Crippen molar-refractivity contribution in [2.75, 3.05) is 18.4 Å². The van der Waals surface area contributed by atoms with E-state index in [4.69, 9.17) is 23.2 Å². The van der Waals surface area contributed by atoms with Crippen LogP contribution in [0.4, 0.5) is 5.82 Å². The van der Waals surface area contributed by atoms with Gasteiger partial charge in [0.2, 0.25) is 11.2 Å². The minimum atomic E-state index is -0.0220. The molecular formula is C9H12Cl2N4O. The van der Waals surface area contributed by atoms with E-state index in [1.807, 2.05) is 6.92 Å². The average molecular weight is 263 g/mol. The molecule has 0 aromatic carbocycles. The van der Waals surface area contributed by atoms with Gasteiger partial charge >= 0.3 is 0 Å². The first-order chi connectivity index (χ1) is 7.63. The molecule has 2 N–H and O–H groups in total. The third kappa shape index (κ3) is 4.20. The quantitative estimate of drug-likeness (QED) is 0.794. The van der Waals surface area contributed by atoms with Crippen LogP contribution in [-0.2, 0) is 4.79 Å². The Morgan fingerprint density at radius 3 is 2.94 bits per heavy atom. The van der Waals surface area contributed by atoms with Crippen LogP contribution in [0.3, 0.4) is 0 Å². The first-order valence-corrected chi connectivity index (χ1v) is 5.57. The molecule has 0 aliphatic carbocycles. The second-order valence-electron chi connectivity index (χ2n) is 2.97. The molecule has 5 nitrogen and oxygen atoms in total. The lowest BCUT2D eigenvalue weighted by molar-refractivity contribution is -0.120. The number of amides is 1. The van der Waals surface area contributed by atoms with Crippen molar-refractivity contribution in [3.8, 4) is 0 Å². The summed E-state index contributed by atoms with van der Waals surface area (Å²) in [4.78, 5) is 18.8. The van der Waals surface area contributed by atoms with Crippen LogP contribution in [0.2, 0.25) is 10.3 Å². The highest BCUT2D eigenvalue weighted by Gasteiger charge is 2.04. The summed E-state index contributed by atoms with van der Waals surface area (Å²) in [6.45, 7) is 2.93. The number of aromatic nitrogens is 2. The Hall–Kier alpha value is -1.07. The number of carbonyl (C=O) groups excluding carboxylic acids is 1. The highest BCUT2D eigenvalue weighted by atomic mass is 35.5. The largest absolute Gasteiger partial charge is 0.368 e. The van der Waals surface area contributed by atoms with Crippen molar-refractivity contribution in [1.29, 1.82) is 0 Å². The molecule has 0 radical (unpaired) electrons. The highest BCUT2D eigenvalue weighted by Crippen LogP contribution is 2.18. The van der Waals surface area contributed by atoms with E-state index in [1.165, 1.54) is 6.20 Å². The maximum Gasteiger partial charge on any atom is 0.224 e. The van der Waals surface area contributed by atoms with E-state index in [2.05, 4.69) is 20.6 Å². The Balaban J connectivity index is 2.42. The molecule has 0 bridgehead atoms. The summed E-state index contributed by atoms with van der Waals surface area (Å²) in [5.41, 5.74) is 0. The first kappa shape index (κ1) is 13.0. The number of hydrogen-bond acceptors (Lipinski definition) is 4. The molecule has 0 aliphatic heterocycles. The Labute approximate surface area is 104 Å². The number of hydrogen-bond donors (Lipinski definition) is 2. The van der Waals surface area contributed by atoms with Gasteiger partial charge < -0.3 is 10.6 Å². The van der Waals surface area contributed by atoms with Crippen LogP contribution in [0.15, 0.2) is 6.20 Å². The number of nitrogens with zero attached hydrogens (tertiary/aromatic N) is 2. The van der Waals surface area contributed by atoms with Crippen LogP contribution in [0.1, 0.15) is 13.3 Å². The molecular weight excluding hydrogens is 251 g/mol. The molecule has 16 heavy (non-hydrogen) atoms. The molecule has 7 heteroatoms. The minimum absolute atomic E-state index is 0.0220. The fourth-order valence-electron chi connectivity index (χ4n) is 1.05. The first-order valence-electron chi connectivity index (χ1n) is 4.82. The summed E-state index contributed by atoms with van der Waals surface area (Å²) in [5.74, 6) is 0.414. The molecule has 0 saturated heterocycles. The van der Waals surface area contributed by atoms with E-state index in [0.29, 0.717) is 30.4 Å². The lowest BCUT2D eigenvalue weighted by Gasteiger charge is -2.06. The maximum absolute atomic E-state index is 11.1. The van der Waals surface area contributed by atoms with Crippen molar-refractivity contribution in [3.63, 3.8) is 0 Å². The number of rotatable bonds is 5. The number of carbonyl (C=O) groups is 1. The molecule has 1 heterocycles. The summed E-state index contributed by atoms with van der Waals surface area (Å²) in [6.07, 6.45) is 1.76. The van der Waals surface area contributed by atoms with E-state index in [1.54, 1.807) is 0 Å². The van der Waals surface area contributed by atoms with E-state index in [9.17, 15) is 4.79 Å². The SMILES string of the molecule is CCNC(=O)CCNc1nc(Cl)ncc1Cl. The van der Waals surface area contributed by atoms with E-state index < -0.39 is 0 Å². The normalized spacial score (nSPS) is 9.94. The van der Waals surface area contributed by atoms with Crippen molar-refractivity contribution in [1.82, 2.24) is 15.3 Å². The van der Waals surface area contributed by atoms with E-state index in [0.717, 1.165) is 0 Å². The fraction of sp³-hybridized carbons (Fsp3) is 0.444. The molecule has 1 aromatic heterocycles. The molecule has 1 amide bonds. The minimum Gasteiger partial charge on any atom is -0.368 e. The van der Waals surface area contributed by atoms with Crippen LogP contribution < -0.4 is 10.6 Å². The van der Waals surface area contributed by atoms with Gasteiger partial charge in [-0.1, -0.05) is 11.6 Å². The van der Waals surface area contributed by atoms with Crippen molar-refractivity contribution in [2.24, 2.45) is 0 Å².